The molecule has 0 atom stereocenters. The lowest BCUT2D eigenvalue weighted by molar-refractivity contribution is -0.384. The van der Waals surface area contributed by atoms with Crippen LogP contribution in [0.1, 0.15) is 0 Å². The van der Waals surface area contributed by atoms with Gasteiger partial charge in [0.1, 0.15) is 11.4 Å². The van der Waals surface area contributed by atoms with Crippen LogP contribution in [0.25, 0.3) is 0 Å². The molecule has 0 aromatic heterocycles. The second-order valence-corrected chi connectivity index (χ2v) is 4.05. The summed E-state index contributed by atoms with van der Waals surface area (Å²) >= 11 is 1.68. The number of nitro groups is 1. The van der Waals surface area contributed by atoms with Gasteiger partial charge in [-0.15, -0.1) is 0 Å². The van der Waals surface area contributed by atoms with E-state index in [2.05, 4.69) is 5.32 Å². The van der Waals surface area contributed by atoms with Crippen LogP contribution in [0.15, 0.2) is 18.2 Å². The Labute approximate surface area is 98.3 Å². The summed E-state index contributed by atoms with van der Waals surface area (Å²) in [5, 5.41) is 13.8. The highest BCUT2D eigenvalue weighted by molar-refractivity contribution is 7.98. The van der Waals surface area contributed by atoms with Gasteiger partial charge >= 0.3 is 0 Å². The third-order valence-electron chi connectivity index (χ3n) is 2.02. The van der Waals surface area contributed by atoms with Crippen LogP contribution in [-0.4, -0.2) is 30.6 Å². The lowest BCUT2D eigenvalue weighted by Gasteiger charge is -2.07. The van der Waals surface area contributed by atoms with Crippen LogP contribution < -0.4 is 10.1 Å². The van der Waals surface area contributed by atoms with Crippen molar-refractivity contribution in [2.24, 2.45) is 0 Å². The van der Waals surface area contributed by atoms with Crippen molar-refractivity contribution in [3.63, 3.8) is 0 Å². The topological polar surface area (TPSA) is 64.4 Å². The van der Waals surface area contributed by atoms with Crippen molar-refractivity contribution in [3.8, 4) is 5.75 Å². The number of benzene rings is 1. The average molecular weight is 242 g/mol. The quantitative estimate of drug-likeness (QED) is 0.471. The molecule has 0 aliphatic heterocycles. The molecule has 0 spiro atoms. The summed E-state index contributed by atoms with van der Waals surface area (Å²) in [7, 11) is 1.53. The van der Waals surface area contributed by atoms with Gasteiger partial charge in [-0.05, 0) is 12.3 Å². The van der Waals surface area contributed by atoms with E-state index in [0.29, 0.717) is 18.0 Å². The van der Waals surface area contributed by atoms with Crippen LogP contribution >= 0.6 is 11.8 Å². The maximum absolute atomic E-state index is 10.8. The van der Waals surface area contributed by atoms with E-state index in [1.54, 1.807) is 23.9 Å². The minimum absolute atomic E-state index is 0.0712. The van der Waals surface area contributed by atoms with E-state index in [4.69, 9.17) is 4.74 Å². The van der Waals surface area contributed by atoms with Crippen molar-refractivity contribution < 1.29 is 9.66 Å². The van der Waals surface area contributed by atoms with Gasteiger partial charge in [-0.25, -0.2) is 0 Å². The average Bonchev–Trinajstić information content (AvgIpc) is 2.29. The van der Waals surface area contributed by atoms with Gasteiger partial charge < -0.3 is 10.1 Å². The van der Waals surface area contributed by atoms with Crippen molar-refractivity contribution in [2.75, 3.05) is 31.0 Å². The molecule has 0 fully saturated rings. The molecule has 0 amide bonds. The third-order valence-corrected chi connectivity index (χ3v) is 2.63. The molecular weight excluding hydrogens is 228 g/mol. The maximum atomic E-state index is 10.8. The summed E-state index contributed by atoms with van der Waals surface area (Å²) in [6.07, 6.45) is 1.99. The summed E-state index contributed by atoms with van der Waals surface area (Å²) in [6, 6.07) is 4.66. The normalized spacial score (nSPS) is 9.88. The van der Waals surface area contributed by atoms with Gasteiger partial charge in [0.2, 0.25) is 0 Å². The fourth-order valence-corrected chi connectivity index (χ4v) is 1.54. The van der Waals surface area contributed by atoms with Crippen LogP contribution in [0.5, 0.6) is 5.75 Å². The first kappa shape index (κ1) is 12.6. The zero-order valence-electron chi connectivity index (χ0n) is 9.23. The van der Waals surface area contributed by atoms with Crippen molar-refractivity contribution in [1.29, 1.82) is 0 Å². The Morgan fingerprint density at radius 2 is 2.31 bits per heavy atom. The molecule has 1 rings (SSSR count). The van der Waals surface area contributed by atoms with Gasteiger partial charge in [-0.1, -0.05) is 0 Å². The molecule has 5 nitrogen and oxygen atoms in total. The summed E-state index contributed by atoms with van der Waals surface area (Å²) in [5.74, 6) is 1.51. The molecule has 0 heterocycles. The molecule has 0 aliphatic rings. The summed E-state index contributed by atoms with van der Waals surface area (Å²) in [4.78, 5) is 10.4. The number of anilines is 1. The number of thioether (sulfide) groups is 1. The Morgan fingerprint density at radius 1 is 1.56 bits per heavy atom. The number of nitrogens with zero attached hydrogens (tertiary/aromatic N) is 1. The molecule has 0 bridgehead atoms. The van der Waals surface area contributed by atoms with Crippen LogP contribution in [0.2, 0.25) is 0 Å². The van der Waals surface area contributed by atoms with Gasteiger partial charge in [-0.3, -0.25) is 10.1 Å². The SMILES string of the molecule is COc1ccc([N+](=O)[O-])c(NCCSC)c1. The number of hydrogen-bond donors (Lipinski definition) is 1. The van der Waals surface area contributed by atoms with Gasteiger partial charge in [0.15, 0.2) is 0 Å². The van der Waals surface area contributed by atoms with Gasteiger partial charge in [-0.2, -0.15) is 11.8 Å². The molecule has 1 aromatic carbocycles. The second kappa shape index (κ2) is 6.22. The standard InChI is InChI=1S/C10H14N2O3S/c1-15-8-3-4-10(12(13)14)9(7-8)11-5-6-16-2/h3-4,7,11H,5-6H2,1-2H3. The van der Waals surface area contributed by atoms with Crippen molar-refractivity contribution in [1.82, 2.24) is 0 Å². The molecule has 0 aliphatic carbocycles. The van der Waals surface area contributed by atoms with Crippen LogP contribution in [-0.2, 0) is 0 Å². The first-order valence-corrected chi connectivity index (χ1v) is 6.13. The Morgan fingerprint density at radius 3 is 2.88 bits per heavy atom. The number of nitro benzene ring substituents is 1. The smallest absolute Gasteiger partial charge is 0.292 e. The lowest BCUT2D eigenvalue weighted by Crippen LogP contribution is -2.06. The molecule has 0 radical (unpaired) electrons. The first-order valence-electron chi connectivity index (χ1n) is 4.74. The largest absolute Gasteiger partial charge is 0.497 e. The predicted molar refractivity (Wildman–Crippen MR) is 66.5 cm³/mol. The number of rotatable bonds is 6. The molecule has 0 saturated carbocycles. The highest BCUT2D eigenvalue weighted by Crippen LogP contribution is 2.28. The molecule has 0 unspecified atom stereocenters. The number of nitrogens with one attached hydrogen (secondary N) is 1. The molecule has 1 N–H and O–H groups in total. The molecule has 0 saturated heterocycles. The van der Waals surface area contributed by atoms with E-state index in [0.717, 1.165) is 5.75 Å². The van der Waals surface area contributed by atoms with E-state index in [1.807, 2.05) is 6.26 Å². The summed E-state index contributed by atoms with van der Waals surface area (Å²) in [6.45, 7) is 0.690. The van der Waals surface area contributed by atoms with E-state index in [-0.39, 0.29) is 5.69 Å². The monoisotopic (exact) mass is 242 g/mol. The van der Waals surface area contributed by atoms with Gasteiger partial charge in [0.05, 0.1) is 12.0 Å². The molecule has 16 heavy (non-hydrogen) atoms. The van der Waals surface area contributed by atoms with Gasteiger partial charge in [0.25, 0.3) is 5.69 Å². The lowest BCUT2D eigenvalue weighted by atomic mass is 10.2. The van der Waals surface area contributed by atoms with Crippen molar-refractivity contribution in [3.05, 3.63) is 28.3 Å². The second-order valence-electron chi connectivity index (χ2n) is 3.06. The zero-order chi connectivity index (χ0) is 12.0. The fourth-order valence-electron chi connectivity index (χ4n) is 1.23. The highest BCUT2D eigenvalue weighted by atomic mass is 32.2. The fraction of sp³-hybridized carbons (Fsp3) is 0.400. The van der Waals surface area contributed by atoms with Crippen molar-refractivity contribution >= 4 is 23.1 Å². The van der Waals surface area contributed by atoms with Crippen LogP contribution in [0, 0.1) is 10.1 Å². The van der Waals surface area contributed by atoms with Crippen molar-refractivity contribution in [2.45, 2.75) is 0 Å². The van der Waals surface area contributed by atoms with Crippen LogP contribution in [0.3, 0.4) is 0 Å². The first-order chi connectivity index (χ1) is 7.69. The summed E-state index contributed by atoms with van der Waals surface area (Å²) in [5.41, 5.74) is 0.570. The van der Waals surface area contributed by atoms with Gasteiger partial charge in [0, 0.05) is 24.4 Å². The summed E-state index contributed by atoms with van der Waals surface area (Å²) < 4.78 is 5.03. The minimum Gasteiger partial charge on any atom is -0.497 e. The zero-order valence-corrected chi connectivity index (χ0v) is 10.0. The third kappa shape index (κ3) is 3.30. The number of ether oxygens (including phenoxy) is 1. The van der Waals surface area contributed by atoms with E-state index >= 15 is 0 Å². The number of methoxy groups -OCH3 is 1. The molecule has 88 valence electrons. The maximum Gasteiger partial charge on any atom is 0.292 e. The van der Waals surface area contributed by atoms with E-state index in [1.165, 1.54) is 13.2 Å². The minimum atomic E-state index is -0.402. The Kier molecular flexibility index (Phi) is 4.91. The van der Waals surface area contributed by atoms with E-state index in [9.17, 15) is 10.1 Å². The Hall–Kier alpha value is -1.43. The van der Waals surface area contributed by atoms with Crippen LogP contribution in [0.4, 0.5) is 11.4 Å². The predicted octanol–water partition coefficient (Wildman–Crippen LogP) is 2.38. The molecular formula is C10H14N2O3S. The molecule has 6 heteroatoms. The Balaban J connectivity index is 2.87. The highest BCUT2D eigenvalue weighted by Gasteiger charge is 2.13. The van der Waals surface area contributed by atoms with E-state index < -0.39 is 4.92 Å². The Bertz CT molecular complexity index is 371. The molecule has 1 aromatic rings. The number of hydrogen-bond acceptors (Lipinski definition) is 5.